The van der Waals surface area contributed by atoms with Gasteiger partial charge in [-0.3, -0.25) is 24.2 Å². The number of carbonyl (C=O) groups is 4. The van der Waals surface area contributed by atoms with Crippen molar-refractivity contribution < 1.29 is 45.5 Å². The molecule has 15 heteroatoms. The number of rotatable bonds is 7. The molecule has 0 unspecified atom stereocenters. The van der Waals surface area contributed by atoms with E-state index in [1.165, 1.54) is 25.9 Å². The first kappa shape index (κ1) is 35.5. The molecule has 2 aromatic heterocycles. The topological polar surface area (TPSA) is 115 Å². The summed E-state index contributed by atoms with van der Waals surface area (Å²) in [5, 5.41) is 2.89. The number of nitrogens with one attached hydrogen (secondary N) is 2. The molecular weight excluding hydrogens is 656 g/mol. The van der Waals surface area contributed by atoms with E-state index >= 15 is 0 Å². The van der Waals surface area contributed by atoms with E-state index in [1.807, 2.05) is 48.5 Å². The molecule has 3 aliphatic heterocycles. The van der Waals surface area contributed by atoms with E-state index in [0.717, 1.165) is 71.7 Å². The molecule has 0 radical (unpaired) electrons. The zero-order valence-corrected chi connectivity index (χ0v) is 26.2. The number of pyridine rings is 1. The number of fused-ring (bicyclic) bond motifs is 1. The third-order valence-corrected chi connectivity index (χ3v) is 8.55. The van der Waals surface area contributed by atoms with Gasteiger partial charge in [0.1, 0.15) is 0 Å². The minimum absolute atomic E-state index is 0.0213. The molecule has 49 heavy (non-hydrogen) atoms. The second kappa shape index (κ2) is 14.8. The highest BCUT2D eigenvalue weighted by Crippen LogP contribution is 2.28. The molecule has 2 N–H and O–H groups in total. The van der Waals surface area contributed by atoms with Crippen LogP contribution in [0.5, 0.6) is 0 Å². The standard InChI is InChI=1S/C30H33N5O2.C4F6O2/c36-29(35-17-3-4-24(35)20-34-15-1-2-16-34)10-7-21-5-8-22(9-6-21)27-18-23(11-13-31-27)28-19-25-26(33-28)12-14-32-30(25)37;5-3(6,7)1(11)2(12)4(8,9)10/h5-11,13,18-19,24,33H,1-4,12,14-17,20H2,(H,32,37);/b10-7+;/t24-;/m1./s1. The van der Waals surface area contributed by atoms with E-state index in [2.05, 4.69) is 25.1 Å². The first-order valence-electron chi connectivity index (χ1n) is 15.7. The summed E-state index contributed by atoms with van der Waals surface area (Å²) >= 11 is 0. The highest BCUT2D eigenvalue weighted by molar-refractivity contribution is 6.41. The Labute approximate surface area is 277 Å². The maximum atomic E-state index is 12.9. The SMILES string of the molecule is O=C(C(=O)C(F)(F)F)C(F)(F)F.O=C1NCCc2[nH]c(-c3ccnc(-c4ccc(/C=C/C(=O)N5CCC[C@@H]5CN5CCCC5)cc4)c3)cc21. The van der Waals surface area contributed by atoms with Gasteiger partial charge >= 0.3 is 23.9 Å². The van der Waals surface area contributed by atoms with Crippen LogP contribution < -0.4 is 5.32 Å². The summed E-state index contributed by atoms with van der Waals surface area (Å²) in [6, 6.07) is 14.4. The van der Waals surface area contributed by atoms with Crippen LogP contribution in [0, 0.1) is 0 Å². The normalized spacial score (nSPS) is 18.2. The van der Waals surface area contributed by atoms with E-state index in [0.29, 0.717) is 12.6 Å². The van der Waals surface area contributed by atoms with Crippen LogP contribution in [0.2, 0.25) is 0 Å². The van der Waals surface area contributed by atoms with Crippen molar-refractivity contribution in [3.8, 4) is 22.5 Å². The predicted octanol–water partition coefficient (Wildman–Crippen LogP) is 5.38. The van der Waals surface area contributed by atoms with Crippen molar-refractivity contribution in [2.75, 3.05) is 32.7 Å². The number of carbonyl (C=O) groups excluding carboxylic acids is 4. The summed E-state index contributed by atoms with van der Waals surface area (Å²) in [6.07, 6.45) is -0.536. The van der Waals surface area contributed by atoms with Crippen LogP contribution in [-0.4, -0.2) is 94.3 Å². The Kier molecular flexibility index (Phi) is 10.7. The molecule has 6 rings (SSSR count). The second-order valence-corrected chi connectivity index (χ2v) is 12.0. The summed E-state index contributed by atoms with van der Waals surface area (Å²) < 4.78 is 67.0. The van der Waals surface area contributed by atoms with Gasteiger partial charge in [-0.15, -0.1) is 0 Å². The minimum Gasteiger partial charge on any atom is -0.358 e. The Morgan fingerprint density at radius 3 is 2.18 bits per heavy atom. The van der Waals surface area contributed by atoms with Crippen molar-refractivity contribution in [1.82, 2.24) is 25.1 Å². The van der Waals surface area contributed by atoms with E-state index in [1.54, 1.807) is 12.3 Å². The average Bonchev–Trinajstić information content (AvgIpc) is 3.85. The number of aromatic nitrogens is 2. The van der Waals surface area contributed by atoms with Crippen molar-refractivity contribution in [2.24, 2.45) is 0 Å². The number of aromatic amines is 1. The van der Waals surface area contributed by atoms with Gasteiger partial charge in [0, 0.05) is 66.9 Å². The second-order valence-electron chi connectivity index (χ2n) is 12.0. The molecule has 2 amide bonds. The summed E-state index contributed by atoms with van der Waals surface area (Å²) in [6.45, 7) is 4.87. The number of benzene rings is 1. The monoisotopic (exact) mass is 689 g/mol. The van der Waals surface area contributed by atoms with Crippen LogP contribution in [0.25, 0.3) is 28.6 Å². The van der Waals surface area contributed by atoms with Crippen LogP contribution >= 0.6 is 0 Å². The fourth-order valence-corrected chi connectivity index (χ4v) is 6.07. The third kappa shape index (κ3) is 8.82. The Morgan fingerprint density at radius 2 is 1.55 bits per heavy atom. The van der Waals surface area contributed by atoms with Gasteiger partial charge in [-0.25, -0.2) is 0 Å². The van der Waals surface area contributed by atoms with Crippen molar-refractivity contribution in [3.63, 3.8) is 0 Å². The molecule has 0 bridgehead atoms. The molecule has 0 spiro atoms. The number of ketones is 2. The molecule has 3 aromatic rings. The van der Waals surface area contributed by atoms with Gasteiger partial charge in [0.05, 0.1) is 11.3 Å². The molecule has 260 valence electrons. The van der Waals surface area contributed by atoms with Crippen molar-refractivity contribution >= 4 is 29.5 Å². The number of hydrogen-bond donors (Lipinski definition) is 2. The molecule has 1 aromatic carbocycles. The van der Waals surface area contributed by atoms with Gasteiger partial charge in [-0.05, 0) is 68.6 Å². The van der Waals surface area contributed by atoms with Gasteiger partial charge in [0.2, 0.25) is 5.91 Å². The maximum Gasteiger partial charge on any atom is 0.458 e. The molecule has 2 fully saturated rings. The van der Waals surface area contributed by atoms with Crippen molar-refractivity contribution in [1.29, 1.82) is 0 Å². The number of hydrogen-bond acceptors (Lipinski definition) is 6. The minimum atomic E-state index is -5.77. The molecule has 2 saturated heterocycles. The molecule has 1 atom stereocenters. The van der Waals surface area contributed by atoms with Crippen LogP contribution in [0.3, 0.4) is 0 Å². The summed E-state index contributed by atoms with van der Waals surface area (Å²) in [5.41, 5.74) is 6.49. The zero-order valence-electron chi connectivity index (χ0n) is 26.2. The van der Waals surface area contributed by atoms with Crippen LogP contribution in [0.15, 0.2) is 54.7 Å². The Bertz CT molecular complexity index is 1700. The van der Waals surface area contributed by atoms with E-state index in [4.69, 9.17) is 0 Å². The first-order chi connectivity index (χ1) is 23.2. The van der Waals surface area contributed by atoms with Crippen LogP contribution in [0.1, 0.15) is 47.3 Å². The largest absolute Gasteiger partial charge is 0.458 e. The van der Waals surface area contributed by atoms with Crippen LogP contribution in [0.4, 0.5) is 26.3 Å². The lowest BCUT2D eigenvalue weighted by molar-refractivity contribution is -0.193. The van der Waals surface area contributed by atoms with Gasteiger partial charge in [0.15, 0.2) is 0 Å². The van der Waals surface area contributed by atoms with Crippen LogP contribution in [-0.2, 0) is 20.8 Å². The Morgan fingerprint density at radius 1 is 0.878 bits per heavy atom. The Balaban J connectivity index is 0.000000335. The van der Waals surface area contributed by atoms with E-state index in [-0.39, 0.29) is 11.8 Å². The number of halogens is 6. The predicted molar refractivity (Wildman–Crippen MR) is 167 cm³/mol. The number of nitrogens with zero attached hydrogens (tertiary/aromatic N) is 3. The van der Waals surface area contributed by atoms with Crippen molar-refractivity contribution in [3.05, 3.63) is 71.6 Å². The van der Waals surface area contributed by atoms with E-state index in [9.17, 15) is 45.5 Å². The molecule has 5 heterocycles. The van der Waals surface area contributed by atoms with Gasteiger partial charge in [-0.1, -0.05) is 24.3 Å². The molecule has 0 aliphatic carbocycles. The number of H-pyrrole nitrogens is 1. The fraction of sp³-hybridized carbons (Fsp3) is 0.382. The quantitative estimate of drug-likeness (QED) is 0.196. The Hall–Kier alpha value is -4.79. The lowest BCUT2D eigenvalue weighted by Crippen LogP contribution is -2.41. The number of Topliss-reactive ketones (excluding diaryl/α,β-unsaturated/α-hetero) is 2. The van der Waals surface area contributed by atoms with E-state index < -0.39 is 23.9 Å². The number of likely N-dealkylation sites (tertiary alicyclic amines) is 2. The lowest BCUT2D eigenvalue weighted by Gasteiger charge is -2.27. The molecule has 0 saturated carbocycles. The zero-order chi connectivity index (χ0) is 35.3. The molecule has 3 aliphatic rings. The number of alkyl halides is 6. The molecule has 9 nitrogen and oxygen atoms in total. The van der Waals surface area contributed by atoms with Gasteiger partial charge in [-0.2, -0.15) is 26.3 Å². The third-order valence-electron chi connectivity index (χ3n) is 8.55. The smallest absolute Gasteiger partial charge is 0.358 e. The van der Waals surface area contributed by atoms with Gasteiger partial charge in [0.25, 0.3) is 5.91 Å². The highest BCUT2D eigenvalue weighted by Gasteiger charge is 2.54. The highest BCUT2D eigenvalue weighted by atomic mass is 19.4. The number of amides is 2. The summed E-state index contributed by atoms with van der Waals surface area (Å²) in [7, 11) is 0. The summed E-state index contributed by atoms with van der Waals surface area (Å²) in [4.78, 5) is 56.8. The van der Waals surface area contributed by atoms with Gasteiger partial charge < -0.3 is 20.1 Å². The summed E-state index contributed by atoms with van der Waals surface area (Å²) in [5.74, 6) is -6.72. The average molecular weight is 690 g/mol. The van der Waals surface area contributed by atoms with Crippen molar-refractivity contribution in [2.45, 2.75) is 50.5 Å². The fourth-order valence-electron chi connectivity index (χ4n) is 6.07. The first-order valence-corrected chi connectivity index (χ1v) is 15.7. The molecular formula is C34H33F6N5O4. The maximum absolute atomic E-state index is 12.9. The lowest BCUT2D eigenvalue weighted by atomic mass is 10.0.